The monoisotopic (exact) mass is 1160 g/mol. The van der Waals surface area contributed by atoms with Gasteiger partial charge >= 0.3 is 0 Å². The Balaban J connectivity index is 2.16. The van der Waals surface area contributed by atoms with Crippen molar-refractivity contribution in [3.05, 3.63) is 36.5 Å². The number of unbranched alkanes of at least 4 members (excludes halogenated alkanes) is 44. The van der Waals surface area contributed by atoms with E-state index in [2.05, 4.69) is 55.6 Å². The molecule has 8 N–H and O–H groups in total. The summed E-state index contributed by atoms with van der Waals surface area (Å²) in [6, 6.07) is -1.19. The fourth-order valence-corrected chi connectivity index (χ4v) is 11.5. The highest BCUT2D eigenvalue weighted by Crippen LogP contribution is 2.24. The van der Waals surface area contributed by atoms with Gasteiger partial charge in [0, 0.05) is 0 Å². The molecule has 9 unspecified atom stereocenters. The first kappa shape index (κ1) is 78.3. The van der Waals surface area contributed by atoms with E-state index in [0.29, 0.717) is 19.3 Å². The van der Waals surface area contributed by atoms with Crippen LogP contribution in [0.5, 0.6) is 0 Å². The highest BCUT2D eigenvalue weighted by atomic mass is 16.7. The molecule has 1 amide bonds. The topological polar surface area (TPSA) is 189 Å². The molecular formula is C71H135NO10. The van der Waals surface area contributed by atoms with Crippen LogP contribution in [0.25, 0.3) is 0 Å². The Labute approximate surface area is 505 Å². The molecule has 0 saturated carbocycles. The Bertz CT molecular complexity index is 1430. The summed E-state index contributed by atoms with van der Waals surface area (Å²) in [6.45, 7) is 3.48. The number of amides is 1. The van der Waals surface area contributed by atoms with Crippen LogP contribution in [0.4, 0.5) is 0 Å². The van der Waals surface area contributed by atoms with E-state index in [9.17, 15) is 40.5 Å². The predicted molar refractivity (Wildman–Crippen MR) is 344 cm³/mol. The predicted octanol–water partition coefficient (Wildman–Crippen LogP) is 17.0. The molecule has 1 aliphatic heterocycles. The van der Waals surface area contributed by atoms with Gasteiger partial charge < -0.3 is 50.5 Å². The number of hydrogen-bond acceptors (Lipinski definition) is 10. The number of allylic oxidation sites excluding steroid dienone is 6. The lowest BCUT2D eigenvalue weighted by Crippen LogP contribution is -2.60. The first-order chi connectivity index (χ1) is 40.2. The van der Waals surface area contributed by atoms with E-state index >= 15 is 0 Å². The van der Waals surface area contributed by atoms with E-state index in [-0.39, 0.29) is 12.8 Å². The third kappa shape index (κ3) is 46.5. The summed E-state index contributed by atoms with van der Waals surface area (Å²) in [6.07, 6.45) is 65.3. The third-order valence-electron chi connectivity index (χ3n) is 17.1. The molecule has 82 heavy (non-hydrogen) atoms. The summed E-state index contributed by atoms with van der Waals surface area (Å²) in [7, 11) is 0. The highest BCUT2D eigenvalue weighted by molar-refractivity contribution is 5.80. The fourth-order valence-electron chi connectivity index (χ4n) is 11.5. The van der Waals surface area contributed by atoms with Crippen molar-refractivity contribution in [3.63, 3.8) is 0 Å². The Hall–Kier alpha value is -1.67. The van der Waals surface area contributed by atoms with Gasteiger partial charge in [-0.1, -0.05) is 301 Å². The van der Waals surface area contributed by atoms with Gasteiger partial charge in [0.1, 0.15) is 36.6 Å². The number of carbonyl (C=O) groups excluding carboxylic acids is 1. The zero-order valence-corrected chi connectivity index (χ0v) is 53.5. The number of carbonyl (C=O) groups is 1. The molecule has 0 aromatic carbocycles. The summed E-state index contributed by atoms with van der Waals surface area (Å²) < 4.78 is 11.2. The molecule has 1 saturated heterocycles. The molecule has 0 bridgehead atoms. The average Bonchev–Trinajstić information content (AvgIpc) is 3.53. The smallest absolute Gasteiger partial charge is 0.249 e. The van der Waals surface area contributed by atoms with Crippen molar-refractivity contribution in [3.8, 4) is 0 Å². The standard InChI is InChI=1S/C71H135NO10/c1-3-5-7-9-11-13-15-17-19-21-23-24-25-26-27-28-29-30-31-32-33-34-35-36-37-38-39-41-43-45-47-49-51-53-55-57-59-64(75)70(80)72-62(61-81-71-69(79)68(78)67(77)65(60-73)82-71)66(76)63(74)58-56-54-52-50-48-46-44-42-40-22-20-18-16-14-12-10-8-6-4-2/h30-31,42,44,50,52,62-69,71,73-79H,3-29,32-41,43,45-49,51,53-61H2,1-2H3,(H,72,80)/b31-30-,44-42+,52-50+. The zero-order chi connectivity index (χ0) is 59.6. The molecular weight excluding hydrogens is 1030 g/mol. The van der Waals surface area contributed by atoms with Crippen LogP contribution in [-0.4, -0.2) is 110 Å². The molecule has 0 spiro atoms. The number of rotatable bonds is 62. The van der Waals surface area contributed by atoms with Gasteiger partial charge in [0.2, 0.25) is 5.91 Å². The molecule has 1 aliphatic rings. The molecule has 9 atom stereocenters. The first-order valence-electron chi connectivity index (χ1n) is 35.4. The SMILES string of the molecule is CCCCCCCCCCCC/C=C/CC/C=C/CCCC(O)C(O)C(COC1OC(CO)C(O)C(O)C1O)NC(=O)C(O)CCCCCCCCCCCCCCCCCC/C=C\CCCCCCCCCCCCCCCCCC. The number of aliphatic hydroxyl groups is 7. The molecule has 11 heteroatoms. The zero-order valence-electron chi connectivity index (χ0n) is 53.5. The lowest BCUT2D eigenvalue weighted by molar-refractivity contribution is -0.303. The maximum atomic E-state index is 13.2. The molecule has 11 nitrogen and oxygen atoms in total. The van der Waals surface area contributed by atoms with E-state index in [1.54, 1.807) is 0 Å². The second kappa shape index (κ2) is 59.7. The van der Waals surface area contributed by atoms with E-state index in [1.807, 2.05) is 0 Å². The van der Waals surface area contributed by atoms with Gasteiger partial charge in [-0.3, -0.25) is 4.79 Å². The second-order valence-corrected chi connectivity index (χ2v) is 24.9. The van der Waals surface area contributed by atoms with Crippen LogP contribution in [-0.2, 0) is 14.3 Å². The number of aliphatic hydroxyl groups excluding tert-OH is 7. The van der Waals surface area contributed by atoms with Crippen LogP contribution >= 0.6 is 0 Å². The highest BCUT2D eigenvalue weighted by Gasteiger charge is 2.44. The summed E-state index contributed by atoms with van der Waals surface area (Å²) in [5.74, 6) is -0.705. The minimum absolute atomic E-state index is 0.248. The number of ether oxygens (including phenoxy) is 2. The van der Waals surface area contributed by atoms with E-state index in [0.717, 1.165) is 38.5 Å². The third-order valence-corrected chi connectivity index (χ3v) is 17.1. The summed E-state index contributed by atoms with van der Waals surface area (Å²) in [5.41, 5.74) is 0. The van der Waals surface area contributed by atoms with Gasteiger partial charge in [0.15, 0.2) is 6.29 Å². The number of hydrogen-bond donors (Lipinski definition) is 8. The van der Waals surface area contributed by atoms with Crippen LogP contribution in [0.2, 0.25) is 0 Å². The molecule has 1 heterocycles. The Morgan fingerprint density at radius 1 is 0.415 bits per heavy atom. The van der Waals surface area contributed by atoms with Gasteiger partial charge in [-0.25, -0.2) is 0 Å². The molecule has 1 rings (SSSR count). The second-order valence-electron chi connectivity index (χ2n) is 24.9. The lowest BCUT2D eigenvalue weighted by Gasteiger charge is -2.40. The number of nitrogens with one attached hydrogen (secondary N) is 1. The molecule has 0 aromatic heterocycles. The Morgan fingerprint density at radius 2 is 0.732 bits per heavy atom. The minimum Gasteiger partial charge on any atom is -0.394 e. The van der Waals surface area contributed by atoms with Gasteiger partial charge in [0.05, 0.1) is 25.4 Å². The van der Waals surface area contributed by atoms with Crippen LogP contribution < -0.4 is 5.32 Å². The minimum atomic E-state index is -1.67. The van der Waals surface area contributed by atoms with Crippen molar-refractivity contribution in [2.75, 3.05) is 13.2 Å². The van der Waals surface area contributed by atoms with Crippen LogP contribution in [0, 0.1) is 0 Å². The van der Waals surface area contributed by atoms with Crippen molar-refractivity contribution >= 4 is 5.91 Å². The molecule has 1 fully saturated rings. The van der Waals surface area contributed by atoms with E-state index < -0.39 is 74.2 Å². The lowest BCUT2D eigenvalue weighted by atomic mass is 9.98. The van der Waals surface area contributed by atoms with Gasteiger partial charge in [0.25, 0.3) is 0 Å². The van der Waals surface area contributed by atoms with Crippen molar-refractivity contribution < 1.29 is 50.0 Å². The average molecular weight is 1160 g/mol. The largest absolute Gasteiger partial charge is 0.394 e. The van der Waals surface area contributed by atoms with Crippen LogP contribution in [0.1, 0.15) is 341 Å². The fraction of sp³-hybridized carbons (Fsp3) is 0.901. The van der Waals surface area contributed by atoms with Gasteiger partial charge in [-0.2, -0.15) is 0 Å². The van der Waals surface area contributed by atoms with Crippen molar-refractivity contribution in [1.29, 1.82) is 0 Å². The Morgan fingerprint density at radius 3 is 1.09 bits per heavy atom. The molecule has 484 valence electrons. The van der Waals surface area contributed by atoms with E-state index in [1.165, 1.54) is 257 Å². The molecule has 0 radical (unpaired) electrons. The van der Waals surface area contributed by atoms with Crippen molar-refractivity contribution in [2.24, 2.45) is 0 Å². The van der Waals surface area contributed by atoms with Crippen molar-refractivity contribution in [1.82, 2.24) is 5.32 Å². The quantitative estimate of drug-likeness (QED) is 0.0215. The van der Waals surface area contributed by atoms with Gasteiger partial charge in [-0.15, -0.1) is 0 Å². The Kier molecular flexibility index (Phi) is 57.0. The van der Waals surface area contributed by atoms with Gasteiger partial charge in [-0.05, 0) is 77.0 Å². The normalized spacial score (nSPS) is 19.3. The summed E-state index contributed by atoms with van der Waals surface area (Å²) in [4.78, 5) is 13.2. The first-order valence-corrected chi connectivity index (χ1v) is 35.4. The maximum Gasteiger partial charge on any atom is 0.249 e. The molecule has 0 aliphatic carbocycles. The van der Waals surface area contributed by atoms with E-state index in [4.69, 9.17) is 9.47 Å². The van der Waals surface area contributed by atoms with Crippen molar-refractivity contribution in [2.45, 2.75) is 396 Å². The van der Waals surface area contributed by atoms with Crippen LogP contribution in [0.3, 0.4) is 0 Å². The maximum absolute atomic E-state index is 13.2. The molecule has 0 aromatic rings. The summed E-state index contributed by atoms with van der Waals surface area (Å²) >= 11 is 0. The van der Waals surface area contributed by atoms with Crippen LogP contribution in [0.15, 0.2) is 36.5 Å². The summed E-state index contributed by atoms with van der Waals surface area (Å²) in [5, 5.41) is 76.4.